The van der Waals surface area contributed by atoms with Crippen LogP contribution < -0.4 is 4.72 Å². The van der Waals surface area contributed by atoms with Gasteiger partial charge in [-0.1, -0.05) is 11.6 Å². The van der Waals surface area contributed by atoms with E-state index in [1.54, 1.807) is 22.6 Å². The molecule has 0 amide bonds. The monoisotopic (exact) mass is 395 g/mol. The molecular weight excluding hydrogens is 387 g/mol. The fourth-order valence-corrected chi connectivity index (χ4v) is 2.89. The largest absolute Gasteiger partial charge is 0.282 e. The molecule has 96 valence electrons. The van der Waals surface area contributed by atoms with Gasteiger partial charge in [-0.25, -0.2) is 12.8 Å². The van der Waals surface area contributed by atoms with Crippen molar-refractivity contribution in [1.29, 1.82) is 0 Å². The number of halogens is 4. The first-order valence-electron chi connectivity index (χ1n) is 4.57. The van der Waals surface area contributed by atoms with Crippen LogP contribution in [0, 0.1) is 9.39 Å². The lowest BCUT2D eigenvalue weighted by molar-refractivity contribution is 0.484. The number of hydrogen-bond acceptors (Lipinski definition) is 2. The zero-order valence-electron chi connectivity index (χ0n) is 8.51. The highest BCUT2D eigenvalue weighted by Gasteiger charge is 2.15. The van der Waals surface area contributed by atoms with Crippen LogP contribution in [0.25, 0.3) is 0 Å². The highest BCUT2D eigenvalue weighted by molar-refractivity contribution is 14.1. The molecule has 0 atom stereocenters. The van der Waals surface area contributed by atoms with Crippen molar-refractivity contribution in [2.24, 2.45) is 0 Å². The van der Waals surface area contributed by atoms with Gasteiger partial charge < -0.3 is 0 Å². The standard InChI is InChI=1S/C9H9ClF2INO2S/c10-8-7(3-2-6(12)9(8)13)14-17(15,16)5-1-4-11/h2-3,14H,1,4-5H2. The topological polar surface area (TPSA) is 46.2 Å². The molecule has 1 rings (SSSR count). The third kappa shape index (κ3) is 4.22. The summed E-state index contributed by atoms with van der Waals surface area (Å²) in [4.78, 5) is 0. The molecule has 1 N–H and O–H groups in total. The summed E-state index contributed by atoms with van der Waals surface area (Å²) in [6.45, 7) is -0.713. The molecule has 0 radical (unpaired) electrons. The molecule has 0 aromatic heterocycles. The molecule has 0 saturated heterocycles. The van der Waals surface area contributed by atoms with Gasteiger partial charge in [0.1, 0.15) is 5.82 Å². The first kappa shape index (κ1) is 14.9. The van der Waals surface area contributed by atoms with Gasteiger partial charge in [-0.3, -0.25) is 9.11 Å². The van der Waals surface area contributed by atoms with Crippen LogP contribution in [-0.4, -0.2) is 20.8 Å². The number of rotatable bonds is 5. The van der Waals surface area contributed by atoms with E-state index in [1.807, 2.05) is 0 Å². The lowest BCUT2D eigenvalue weighted by Crippen LogP contribution is -2.17. The number of benzene rings is 1. The van der Waals surface area contributed by atoms with Gasteiger partial charge >= 0.3 is 0 Å². The fraction of sp³-hybridized carbons (Fsp3) is 0.333. The summed E-state index contributed by atoms with van der Waals surface area (Å²) < 4.78 is 50.2. The van der Waals surface area contributed by atoms with Crippen LogP contribution in [0.15, 0.2) is 12.1 Å². The van der Waals surface area contributed by atoms with Crippen molar-refractivity contribution < 1.29 is 17.2 Å². The van der Waals surface area contributed by atoms with E-state index in [1.165, 1.54) is 6.07 Å². The second-order valence-electron chi connectivity index (χ2n) is 3.19. The first-order chi connectivity index (χ1) is 7.87. The van der Waals surface area contributed by atoms with Gasteiger partial charge in [0.2, 0.25) is 10.0 Å². The third-order valence-corrected chi connectivity index (χ3v) is 4.97. The Morgan fingerprint density at radius 3 is 2.65 bits per heavy atom. The van der Waals surface area contributed by atoms with Gasteiger partial charge in [0, 0.05) is 0 Å². The second-order valence-corrected chi connectivity index (χ2v) is 6.48. The zero-order chi connectivity index (χ0) is 13.1. The predicted octanol–water partition coefficient (Wildman–Crippen LogP) is 3.19. The van der Waals surface area contributed by atoms with Gasteiger partial charge in [-0.15, -0.1) is 0 Å². The molecule has 0 fully saturated rings. The van der Waals surface area contributed by atoms with Gasteiger partial charge in [-0.2, -0.15) is 0 Å². The molecule has 0 unspecified atom stereocenters. The minimum absolute atomic E-state index is 0.00516. The lowest BCUT2D eigenvalue weighted by atomic mass is 10.3. The summed E-state index contributed by atoms with van der Waals surface area (Å²) >= 11 is 7.46. The van der Waals surface area contributed by atoms with Gasteiger partial charge in [-0.05, 0) is 41.1 Å². The Morgan fingerprint density at radius 2 is 2.06 bits per heavy atom. The van der Waals surface area contributed by atoms with E-state index >= 15 is 0 Å². The number of anilines is 1. The molecule has 0 spiro atoms. The fourth-order valence-electron chi connectivity index (χ4n) is 1.07. The highest BCUT2D eigenvalue weighted by atomic mass is 127. The molecule has 0 aliphatic heterocycles. The van der Waals surface area contributed by atoms with Crippen LogP contribution >= 0.6 is 34.2 Å². The molecule has 0 heterocycles. The molecule has 8 heteroatoms. The maximum Gasteiger partial charge on any atom is 0.232 e. The van der Waals surface area contributed by atoms with Crippen molar-refractivity contribution in [3.8, 4) is 0 Å². The van der Waals surface area contributed by atoms with Crippen molar-refractivity contribution in [3.05, 3.63) is 26.5 Å². The van der Waals surface area contributed by atoms with Crippen LogP contribution in [0.2, 0.25) is 5.02 Å². The quantitative estimate of drug-likeness (QED) is 0.615. The van der Waals surface area contributed by atoms with Crippen molar-refractivity contribution in [2.45, 2.75) is 6.42 Å². The van der Waals surface area contributed by atoms with Crippen molar-refractivity contribution >= 4 is 49.9 Å². The van der Waals surface area contributed by atoms with E-state index in [4.69, 9.17) is 11.6 Å². The Hall–Kier alpha value is -0.150. The maximum absolute atomic E-state index is 13.1. The van der Waals surface area contributed by atoms with E-state index in [0.29, 0.717) is 0 Å². The van der Waals surface area contributed by atoms with Crippen LogP contribution in [0.3, 0.4) is 0 Å². The Bertz CT molecular complexity index is 510. The molecule has 1 aromatic carbocycles. The number of alkyl halides is 1. The molecule has 0 saturated carbocycles. The number of nitrogens with one attached hydrogen (secondary N) is 1. The van der Waals surface area contributed by atoms with Crippen LogP contribution in [-0.2, 0) is 10.0 Å². The molecule has 0 aliphatic carbocycles. The SMILES string of the molecule is O=S(=O)(CCCF)Nc1ccc(F)c(I)c1Cl. The molecule has 1 aromatic rings. The number of hydrogen-bond donors (Lipinski definition) is 1. The minimum Gasteiger partial charge on any atom is -0.282 e. The Kier molecular flexibility index (Phi) is 5.39. The van der Waals surface area contributed by atoms with E-state index in [9.17, 15) is 17.2 Å². The normalized spacial score (nSPS) is 11.5. The average Bonchev–Trinajstić information content (AvgIpc) is 2.27. The first-order valence-corrected chi connectivity index (χ1v) is 7.68. The summed E-state index contributed by atoms with van der Waals surface area (Å²) in [7, 11) is -3.65. The van der Waals surface area contributed by atoms with Crippen molar-refractivity contribution in [3.63, 3.8) is 0 Å². The van der Waals surface area contributed by atoms with Gasteiger partial charge in [0.25, 0.3) is 0 Å². The minimum atomic E-state index is -3.65. The Labute approximate surface area is 117 Å². The van der Waals surface area contributed by atoms with E-state index in [0.717, 1.165) is 6.07 Å². The summed E-state index contributed by atoms with van der Waals surface area (Å²) in [6.07, 6.45) is -0.0920. The zero-order valence-corrected chi connectivity index (χ0v) is 12.2. The second kappa shape index (κ2) is 6.14. The predicted molar refractivity (Wildman–Crippen MR) is 72.1 cm³/mol. The molecule has 0 bridgehead atoms. The van der Waals surface area contributed by atoms with Crippen LogP contribution in [0.5, 0.6) is 0 Å². The van der Waals surface area contributed by atoms with E-state index in [2.05, 4.69) is 4.72 Å². The number of sulfonamides is 1. The average molecular weight is 396 g/mol. The summed E-state index contributed by atoms with van der Waals surface area (Å²) in [5, 5.41) is -0.00516. The van der Waals surface area contributed by atoms with E-state index in [-0.39, 0.29) is 26.5 Å². The molecule has 3 nitrogen and oxygen atoms in total. The van der Waals surface area contributed by atoms with Gasteiger partial charge in [0.05, 0.1) is 26.7 Å². The summed E-state index contributed by atoms with van der Waals surface area (Å²) in [6, 6.07) is 2.34. The Balaban J connectivity index is 2.93. The van der Waals surface area contributed by atoms with Crippen LogP contribution in [0.4, 0.5) is 14.5 Å². The molecular formula is C9H9ClF2INO2S. The molecule has 17 heavy (non-hydrogen) atoms. The summed E-state index contributed by atoms with van der Waals surface area (Å²) in [5.74, 6) is -0.865. The Morgan fingerprint density at radius 1 is 1.41 bits per heavy atom. The highest BCUT2D eigenvalue weighted by Crippen LogP contribution is 2.30. The smallest absolute Gasteiger partial charge is 0.232 e. The van der Waals surface area contributed by atoms with Gasteiger partial charge in [0.15, 0.2) is 0 Å². The molecule has 0 aliphatic rings. The van der Waals surface area contributed by atoms with Crippen molar-refractivity contribution in [2.75, 3.05) is 17.1 Å². The van der Waals surface area contributed by atoms with Crippen molar-refractivity contribution in [1.82, 2.24) is 0 Å². The van der Waals surface area contributed by atoms with Crippen LogP contribution in [0.1, 0.15) is 6.42 Å². The third-order valence-electron chi connectivity index (χ3n) is 1.85. The maximum atomic E-state index is 13.1. The van der Waals surface area contributed by atoms with E-state index < -0.39 is 22.5 Å². The summed E-state index contributed by atoms with van der Waals surface area (Å²) in [5.41, 5.74) is 0.0938. The lowest BCUT2D eigenvalue weighted by Gasteiger charge is -2.10.